The number of hydrogen-bond acceptors (Lipinski definition) is 3. The van der Waals surface area contributed by atoms with Crippen molar-refractivity contribution in [2.45, 2.75) is 39.2 Å². The van der Waals surface area contributed by atoms with E-state index in [9.17, 15) is 4.79 Å². The van der Waals surface area contributed by atoms with Crippen molar-refractivity contribution in [2.24, 2.45) is 5.92 Å². The molecule has 1 amide bonds. The lowest BCUT2D eigenvalue weighted by atomic mass is 9.97. The molecular weight excluding hydrogens is 326 g/mol. The third-order valence-corrected chi connectivity index (χ3v) is 4.03. The number of piperidine rings is 1. The van der Waals surface area contributed by atoms with E-state index < -0.39 is 5.60 Å². The highest BCUT2D eigenvalue weighted by molar-refractivity contribution is 6.32. The van der Waals surface area contributed by atoms with Crippen LogP contribution in [0.15, 0.2) is 18.2 Å². The van der Waals surface area contributed by atoms with Crippen LogP contribution in [0.5, 0.6) is 5.75 Å². The van der Waals surface area contributed by atoms with Crippen LogP contribution in [0.4, 0.5) is 4.79 Å². The Kier molecular flexibility index (Phi) is 6.01. The van der Waals surface area contributed by atoms with Gasteiger partial charge < -0.3 is 14.4 Å². The number of carbonyl (C=O) groups excluding carboxylic acids is 1. The first kappa shape index (κ1) is 18.5. The second-order valence-electron chi connectivity index (χ2n) is 6.86. The van der Waals surface area contributed by atoms with Gasteiger partial charge in [0.1, 0.15) is 11.4 Å². The summed E-state index contributed by atoms with van der Waals surface area (Å²) in [7, 11) is 1.59. The lowest BCUT2D eigenvalue weighted by Gasteiger charge is -2.31. The van der Waals surface area contributed by atoms with Gasteiger partial charge in [0.2, 0.25) is 0 Å². The van der Waals surface area contributed by atoms with E-state index >= 15 is 0 Å². The number of amides is 1. The van der Waals surface area contributed by atoms with Gasteiger partial charge >= 0.3 is 6.09 Å². The average Bonchev–Trinajstić information content (AvgIpc) is 2.53. The molecule has 1 aromatic rings. The Balaban J connectivity index is 1.91. The monoisotopic (exact) mass is 349 g/mol. The molecule has 0 atom stereocenters. The molecule has 1 aromatic carbocycles. The predicted molar refractivity (Wildman–Crippen MR) is 95.4 cm³/mol. The number of carbonyl (C=O) groups is 1. The van der Waals surface area contributed by atoms with E-state index in [1.165, 1.54) is 0 Å². The zero-order chi connectivity index (χ0) is 17.7. The van der Waals surface area contributed by atoms with Gasteiger partial charge in [0, 0.05) is 24.6 Å². The minimum Gasteiger partial charge on any atom is -0.495 e. The highest BCUT2D eigenvalue weighted by Crippen LogP contribution is 2.25. The first-order valence-corrected chi connectivity index (χ1v) is 8.49. The predicted octanol–water partition coefficient (Wildman–Crippen LogP) is 4.35. The summed E-state index contributed by atoms with van der Waals surface area (Å²) in [6.45, 7) is 6.99. The van der Waals surface area contributed by atoms with Crippen LogP contribution in [-0.4, -0.2) is 36.8 Å². The molecule has 0 bridgehead atoms. The first-order chi connectivity index (χ1) is 11.3. The van der Waals surface area contributed by atoms with Crippen molar-refractivity contribution in [3.63, 3.8) is 0 Å². The third kappa shape index (κ3) is 5.35. The maximum atomic E-state index is 12.0. The highest BCUT2D eigenvalue weighted by Gasteiger charge is 2.26. The normalized spacial score (nSPS) is 15.5. The Hall–Kier alpha value is -1.86. The van der Waals surface area contributed by atoms with Crippen molar-refractivity contribution in [2.75, 3.05) is 20.2 Å². The molecule has 0 saturated carbocycles. The van der Waals surface area contributed by atoms with Crippen molar-refractivity contribution >= 4 is 17.7 Å². The largest absolute Gasteiger partial charge is 0.495 e. The van der Waals surface area contributed by atoms with E-state index in [4.69, 9.17) is 21.1 Å². The lowest BCUT2D eigenvalue weighted by molar-refractivity contribution is 0.0199. The molecule has 24 heavy (non-hydrogen) atoms. The van der Waals surface area contributed by atoms with Gasteiger partial charge in [-0.15, -0.1) is 0 Å². The van der Waals surface area contributed by atoms with Gasteiger partial charge in [-0.2, -0.15) is 0 Å². The number of hydrogen-bond donors (Lipinski definition) is 0. The van der Waals surface area contributed by atoms with Gasteiger partial charge in [-0.05, 0) is 51.8 Å². The van der Waals surface area contributed by atoms with Crippen molar-refractivity contribution in [1.29, 1.82) is 0 Å². The van der Waals surface area contributed by atoms with Gasteiger partial charge in [-0.3, -0.25) is 0 Å². The molecule has 5 heteroatoms. The fraction of sp³-hybridized carbons (Fsp3) is 0.526. The van der Waals surface area contributed by atoms with Crippen LogP contribution < -0.4 is 4.74 Å². The van der Waals surface area contributed by atoms with E-state index in [0.29, 0.717) is 23.9 Å². The molecule has 4 nitrogen and oxygen atoms in total. The molecule has 1 aliphatic rings. The molecule has 0 aliphatic carbocycles. The van der Waals surface area contributed by atoms with Crippen LogP contribution in [0, 0.1) is 17.8 Å². The average molecular weight is 350 g/mol. The van der Waals surface area contributed by atoms with Crippen LogP contribution in [0.1, 0.15) is 39.2 Å². The summed E-state index contributed by atoms with van der Waals surface area (Å²) >= 11 is 6.01. The standard InChI is InChI=1S/C19H24ClNO3/c1-19(2,3)24-18(22)21-11-9-14(10-12-21)5-6-15-7-8-16(20)17(13-15)23-4/h7-8,13-14H,9-12H2,1-4H3. The molecule has 130 valence electrons. The third-order valence-electron chi connectivity index (χ3n) is 3.72. The molecule has 0 unspecified atom stereocenters. The second kappa shape index (κ2) is 7.81. The molecule has 1 aliphatic heterocycles. The number of methoxy groups -OCH3 is 1. The fourth-order valence-electron chi connectivity index (χ4n) is 2.46. The molecular formula is C19H24ClNO3. The van der Waals surface area contributed by atoms with Crippen molar-refractivity contribution < 1.29 is 14.3 Å². The Morgan fingerprint density at radius 1 is 1.29 bits per heavy atom. The van der Waals surface area contributed by atoms with E-state index in [1.807, 2.05) is 32.9 Å². The summed E-state index contributed by atoms with van der Waals surface area (Å²) in [6, 6.07) is 5.51. The summed E-state index contributed by atoms with van der Waals surface area (Å²) in [5, 5.41) is 0.578. The first-order valence-electron chi connectivity index (χ1n) is 8.11. The molecule has 0 spiro atoms. The molecule has 0 radical (unpaired) electrons. The number of nitrogens with zero attached hydrogens (tertiary/aromatic N) is 1. The fourth-order valence-corrected chi connectivity index (χ4v) is 2.65. The van der Waals surface area contributed by atoms with Crippen LogP contribution in [0.2, 0.25) is 5.02 Å². The minimum absolute atomic E-state index is 0.239. The molecule has 1 fully saturated rings. The smallest absolute Gasteiger partial charge is 0.410 e. The second-order valence-corrected chi connectivity index (χ2v) is 7.27. The van der Waals surface area contributed by atoms with Crippen molar-refractivity contribution in [3.8, 4) is 17.6 Å². The van der Waals surface area contributed by atoms with Gasteiger partial charge in [-0.25, -0.2) is 4.79 Å². The maximum absolute atomic E-state index is 12.0. The Morgan fingerprint density at radius 3 is 2.54 bits per heavy atom. The summed E-state index contributed by atoms with van der Waals surface area (Å²) in [5.41, 5.74) is 0.423. The van der Waals surface area contributed by atoms with Crippen molar-refractivity contribution in [3.05, 3.63) is 28.8 Å². The minimum atomic E-state index is -0.457. The molecule has 0 N–H and O–H groups in total. The van der Waals surface area contributed by atoms with E-state index in [-0.39, 0.29) is 12.0 Å². The number of likely N-dealkylation sites (tertiary alicyclic amines) is 1. The zero-order valence-electron chi connectivity index (χ0n) is 14.7. The summed E-state index contributed by atoms with van der Waals surface area (Å²) in [5.74, 6) is 7.37. The number of rotatable bonds is 1. The SMILES string of the molecule is COc1cc(C#CC2CCN(C(=O)OC(C)(C)C)CC2)ccc1Cl. The molecule has 2 rings (SSSR count). The van der Waals surface area contributed by atoms with Gasteiger partial charge in [0.15, 0.2) is 0 Å². The Labute approximate surface area is 149 Å². The van der Waals surface area contributed by atoms with Gasteiger partial charge in [0.25, 0.3) is 0 Å². The molecule has 1 heterocycles. The Morgan fingerprint density at radius 2 is 1.96 bits per heavy atom. The van der Waals surface area contributed by atoms with E-state index in [2.05, 4.69) is 11.8 Å². The topological polar surface area (TPSA) is 38.8 Å². The summed E-state index contributed by atoms with van der Waals surface area (Å²) in [6.07, 6.45) is 1.48. The summed E-state index contributed by atoms with van der Waals surface area (Å²) in [4.78, 5) is 13.8. The van der Waals surface area contributed by atoms with Crippen LogP contribution in [-0.2, 0) is 4.74 Å². The highest BCUT2D eigenvalue weighted by atomic mass is 35.5. The van der Waals surface area contributed by atoms with Crippen LogP contribution in [0.3, 0.4) is 0 Å². The maximum Gasteiger partial charge on any atom is 0.410 e. The number of halogens is 1. The number of ether oxygens (including phenoxy) is 2. The van der Waals surface area contributed by atoms with E-state index in [0.717, 1.165) is 18.4 Å². The van der Waals surface area contributed by atoms with Crippen LogP contribution in [0.25, 0.3) is 0 Å². The van der Waals surface area contributed by atoms with Gasteiger partial charge in [-0.1, -0.05) is 23.4 Å². The van der Waals surface area contributed by atoms with E-state index in [1.54, 1.807) is 18.1 Å². The summed E-state index contributed by atoms with van der Waals surface area (Å²) < 4.78 is 10.6. The quantitative estimate of drug-likeness (QED) is 0.707. The van der Waals surface area contributed by atoms with Crippen LogP contribution >= 0.6 is 11.6 Å². The Bertz CT molecular complexity index is 647. The van der Waals surface area contributed by atoms with Gasteiger partial charge in [0.05, 0.1) is 12.1 Å². The number of benzene rings is 1. The zero-order valence-corrected chi connectivity index (χ0v) is 15.4. The molecule has 1 saturated heterocycles. The lowest BCUT2D eigenvalue weighted by Crippen LogP contribution is -2.41. The molecule has 0 aromatic heterocycles. The van der Waals surface area contributed by atoms with Crippen molar-refractivity contribution in [1.82, 2.24) is 4.90 Å².